The highest BCUT2D eigenvalue weighted by Gasteiger charge is 2.43. The summed E-state index contributed by atoms with van der Waals surface area (Å²) in [7, 11) is 0. The number of imidazole rings is 1. The SMILES string of the molecule is OC(Nc1nc2cc3c(cc2[nH]1)OC(F)(F)O3)c1ccnc(N2CCSCC2)c1. The van der Waals surface area contributed by atoms with Crippen molar-refractivity contribution < 1.29 is 23.4 Å². The van der Waals surface area contributed by atoms with E-state index >= 15 is 0 Å². The lowest BCUT2D eigenvalue weighted by molar-refractivity contribution is -0.286. The van der Waals surface area contributed by atoms with Crippen molar-refractivity contribution in [1.29, 1.82) is 0 Å². The fourth-order valence-electron chi connectivity index (χ4n) is 3.30. The van der Waals surface area contributed by atoms with Crippen LogP contribution >= 0.6 is 11.8 Å². The number of pyridine rings is 1. The van der Waals surface area contributed by atoms with Gasteiger partial charge in [-0.15, -0.1) is 8.78 Å². The Morgan fingerprint density at radius 1 is 1.21 bits per heavy atom. The summed E-state index contributed by atoms with van der Waals surface area (Å²) in [5, 5.41) is 13.5. The molecule has 152 valence electrons. The third kappa shape index (κ3) is 3.62. The quantitative estimate of drug-likeness (QED) is 0.554. The lowest BCUT2D eigenvalue weighted by atomic mass is 10.2. The molecule has 0 radical (unpaired) electrons. The van der Waals surface area contributed by atoms with E-state index in [1.54, 1.807) is 12.3 Å². The number of hydrogen-bond acceptors (Lipinski definition) is 8. The molecule has 2 aliphatic rings. The fourth-order valence-corrected chi connectivity index (χ4v) is 4.21. The summed E-state index contributed by atoms with van der Waals surface area (Å²) in [5.41, 5.74) is 1.52. The van der Waals surface area contributed by atoms with Crippen LogP contribution in [-0.4, -0.2) is 50.9 Å². The van der Waals surface area contributed by atoms with Crippen LogP contribution in [0.25, 0.3) is 11.0 Å². The number of ether oxygens (including phenoxy) is 2. The van der Waals surface area contributed by atoms with Gasteiger partial charge in [0.15, 0.2) is 17.7 Å². The maximum atomic E-state index is 13.2. The number of benzene rings is 1. The zero-order valence-corrected chi connectivity index (χ0v) is 15.9. The molecular weight excluding hydrogens is 404 g/mol. The normalized spacial score (nSPS) is 18.8. The Hall–Kier alpha value is -2.79. The number of thioether (sulfide) groups is 1. The number of H-pyrrole nitrogens is 1. The first-order valence-electron chi connectivity index (χ1n) is 9.00. The lowest BCUT2D eigenvalue weighted by Gasteiger charge is -2.28. The Morgan fingerprint density at radius 2 is 1.97 bits per heavy atom. The van der Waals surface area contributed by atoms with E-state index in [1.807, 2.05) is 17.8 Å². The number of aromatic amines is 1. The van der Waals surface area contributed by atoms with Gasteiger partial charge in [-0.2, -0.15) is 11.8 Å². The van der Waals surface area contributed by atoms with Gasteiger partial charge in [0, 0.05) is 48.5 Å². The molecule has 29 heavy (non-hydrogen) atoms. The summed E-state index contributed by atoms with van der Waals surface area (Å²) in [6.07, 6.45) is -3.04. The fraction of sp³-hybridized carbons (Fsp3) is 0.333. The van der Waals surface area contributed by atoms with Gasteiger partial charge < -0.3 is 29.8 Å². The Kier molecular flexibility index (Phi) is 4.36. The minimum Gasteiger partial charge on any atom is -0.395 e. The molecule has 2 aromatic heterocycles. The second-order valence-corrected chi connectivity index (χ2v) is 7.89. The lowest BCUT2D eigenvalue weighted by Crippen LogP contribution is -2.33. The van der Waals surface area contributed by atoms with Crippen LogP contribution in [0.2, 0.25) is 0 Å². The number of aliphatic hydroxyl groups is 1. The third-order valence-corrected chi connectivity index (χ3v) is 5.64. The number of fused-ring (bicyclic) bond motifs is 2. The van der Waals surface area contributed by atoms with Crippen LogP contribution in [0.15, 0.2) is 30.5 Å². The van der Waals surface area contributed by atoms with Crippen LogP contribution < -0.4 is 19.7 Å². The van der Waals surface area contributed by atoms with Crippen molar-refractivity contribution in [1.82, 2.24) is 15.0 Å². The Labute approximate surface area is 168 Å². The second-order valence-electron chi connectivity index (χ2n) is 6.66. The van der Waals surface area contributed by atoms with Crippen LogP contribution in [0.1, 0.15) is 11.8 Å². The summed E-state index contributed by atoms with van der Waals surface area (Å²) in [5.74, 6) is 3.05. The number of nitrogens with zero attached hydrogens (tertiary/aromatic N) is 3. The summed E-state index contributed by atoms with van der Waals surface area (Å²) in [6, 6.07) is 6.31. The van der Waals surface area contributed by atoms with E-state index < -0.39 is 12.5 Å². The predicted octanol–water partition coefficient (Wildman–Crippen LogP) is 2.94. The van der Waals surface area contributed by atoms with Crippen molar-refractivity contribution in [3.05, 3.63) is 36.0 Å². The molecule has 0 spiro atoms. The highest BCUT2D eigenvalue weighted by Crippen LogP contribution is 2.43. The van der Waals surface area contributed by atoms with Crippen LogP contribution in [-0.2, 0) is 0 Å². The first kappa shape index (κ1) is 18.3. The predicted molar refractivity (Wildman–Crippen MR) is 105 cm³/mol. The first-order chi connectivity index (χ1) is 14.0. The van der Waals surface area contributed by atoms with Crippen LogP contribution in [0.4, 0.5) is 20.5 Å². The first-order valence-corrected chi connectivity index (χ1v) is 10.2. The smallest absolute Gasteiger partial charge is 0.395 e. The Morgan fingerprint density at radius 3 is 2.76 bits per heavy atom. The van der Waals surface area contributed by atoms with E-state index in [0.29, 0.717) is 16.6 Å². The Bertz CT molecular complexity index is 1010. The van der Waals surface area contributed by atoms with E-state index in [0.717, 1.165) is 30.4 Å². The van der Waals surface area contributed by atoms with E-state index in [4.69, 9.17) is 0 Å². The molecule has 5 rings (SSSR count). The van der Waals surface area contributed by atoms with Gasteiger partial charge in [0.2, 0.25) is 5.95 Å². The van der Waals surface area contributed by atoms with Crippen LogP contribution in [0, 0.1) is 0 Å². The summed E-state index contributed by atoms with van der Waals surface area (Å²) >= 11 is 1.91. The average molecular weight is 421 g/mol. The molecule has 1 unspecified atom stereocenters. The molecule has 0 aliphatic carbocycles. The molecule has 0 saturated carbocycles. The molecular formula is C18H17F2N5O3S. The molecule has 2 aliphatic heterocycles. The number of alkyl halides is 2. The maximum Gasteiger partial charge on any atom is 0.586 e. The minimum absolute atomic E-state index is 0.0725. The highest BCUT2D eigenvalue weighted by molar-refractivity contribution is 7.99. The van der Waals surface area contributed by atoms with Crippen LogP contribution in [0.3, 0.4) is 0 Å². The molecule has 4 heterocycles. The number of halogens is 2. The number of aromatic nitrogens is 3. The van der Waals surface area contributed by atoms with E-state index in [1.165, 1.54) is 12.1 Å². The summed E-state index contributed by atoms with van der Waals surface area (Å²) in [4.78, 5) is 13.8. The van der Waals surface area contributed by atoms with Crippen molar-refractivity contribution in [2.75, 3.05) is 34.8 Å². The zero-order chi connectivity index (χ0) is 20.0. The molecule has 1 saturated heterocycles. The van der Waals surface area contributed by atoms with E-state index in [2.05, 4.69) is 34.6 Å². The largest absolute Gasteiger partial charge is 0.586 e. The highest BCUT2D eigenvalue weighted by atomic mass is 32.2. The molecule has 8 nitrogen and oxygen atoms in total. The summed E-state index contributed by atoms with van der Waals surface area (Å²) < 4.78 is 35.2. The average Bonchev–Trinajstić information content (AvgIpc) is 3.23. The van der Waals surface area contributed by atoms with Gasteiger partial charge in [-0.25, -0.2) is 9.97 Å². The monoisotopic (exact) mass is 421 g/mol. The molecule has 1 fully saturated rings. The van der Waals surface area contributed by atoms with E-state index in [9.17, 15) is 13.9 Å². The van der Waals surface area contributed by atoms with Crippen molar-refractivity contribution in [2.45, 2.75) is 12.5 Å². The number of hydrogen-bond donors (Lipinski definition) is 3. The number of anilines is 2. The molecule has 1 aromatic carbocycles. The number of aliphatic hydroxyl groups excluding tert-OH is 1. The maximum absolute atomic E-state index is 13.2. The standard InChI is InChI=1S/C18H17F2N5O3S/c19-18(20)27-13-8-11-12(9-14(13)28-18)23-17(22-11)24-16(26)10-1-2-21-15(7-10)25-3-5-29-6-4-25/h1-2,7-9,16,26H,3-6H2,(H2,22,23,24). The van der Waals surface area contributed by atoms with Gasteiger partial charge in [-0.1, -0.05) is 0 Å². The Balaban J connectivity index is 1.34. The molecule has 0 amide bonds. The van der Waals surface area contributed by atoms with Crippen molar-refractivity contribution in [3.63, 3.8) is 0 Å². The van der Waals surface area contributed by atoms with Gasteiger partial charge in [0.05, 0.1) is 11.0 Å². The van der Waals surface area contributed by atoms with E-state index in [-0.39, 0.29) is 17.4 Å². The molecule has 1 atom stereocenters. The third-order valence-electron chi connectivity index (χ3n) is 4.70. The minimum atomic E-state index is -3.68. The second kappa shape index (κ2) is 6.92. The number of rotatable bonds is 4. The van der Waals surface area contributed by atoms with Gasteiger partial charge >= 0.3 is 6.29 Å². The van der Waals surface area contributed by atoms with Gasteiger partial charge in [0.1, 0.15) is 5.82 Å². The molecule has 3 N–H and O–H groups in total. The van der Waals surface area contributed by atoms with Gasteiger partial charge in [-0.05, 0) is 12.1 Å². The van der Waals surface area contributed by atoms with Gasteiger partial charge in [0.25, 0.3) is 0 Å². The molecule has 0 bridgehead atoms. The number of nitrogens with one attached hydrogen (secondary N) is 2. The topological polar surface area (TPSA) is 95.5 Å². The molecule has 3 aromatic rings. The zero-order valence-electron chi connectivity index (χ0n) is 15.1. The van der Waals surface area contributed by atoms with Crippen molar-refractivity contribution >= 4 is 34.6 Å². The van der Waals surface area contributed by atoms with Crippen LogP contribution in [0.5, 0.6) is 11.5 Å². The van der Waals surface area contributed by atoms with Gasteiger partial charge in [-0.3, -0.25) is 0 Å². The van der Waals surface area contributed by atoms with Crippen molar-refractivity contribution in [2.24, 2.45) is 0 Å². The summed E-state index contributed by atoms with van der Waals surface area (Å²) in [6.45, 7) is 1.84. The van der Waals surface area contributed by atoms with Crippen molar-refractivity contribution in [3.8, 4) is 11.5 Å². The molecule has 11 heteroatoms.